The van der Waals surface area contributed by atoms with Crippen molar-refractivity contribution in [3.63, 3.8) is 0 Å². The fraction of sp³-hybridized carbons (Fsp3) is 0.333. The predicted octanol–water partition coefficient (Wildman–Crippen LogP) is 3.62. The Morgan fingerprint density at radius 1 is 0.821 bits per heavy atom. The molecule has 0 atom stereocenters. The van der Waals surface area contributed by atoms with Gasteiger partial charge in [0.05, 0.1) is 11.1 Å². The van der Waals surface area contributed by atoms with E-state index >= 15 is 0 Å². The highest BCUT2D eigenvalue weighted by molar-refractivity contribution is 5.96. The Morgan fingerprint density at radius 3 is 2.04 bits per heavy atom. The van der Waals surface area contributed by atoms with E-state index in [1.807, 2.05) is 30.3 Å². The number of halogens is 3. The summed E-state index contributed by atoms with van der Waals surface area (Å²) in [6, 6.07) is 14.5. The molecule has 1 saturated heterocycles. The number of nitrogens with zero attached hydrogens (tertiary/aromatic N) is 2. The fourth-order valence-electron chi connectivity index (χ4n) is 3.30. The first-order valence-electron chi connectivity index (χ1n) is 9.13. The average Bonchev–Trinajstić information content (AvgIpc) is 2.72. The maximum atomic E-state index is 13.1. The van der Waals surface area contributed by atoms with Crippen molar-refractivity contribution in [3.8, 4) is 0 Å². The molecular weight excluding hydrogens is 369 g/mol. The van der Waals surface area contributed by atoms with Gasteiger partial charge in [0, 0.05) is 32.6 Å². The largest absolute Gasteiger partial charge is 0.417 e. The first-order chi connectivity index (χ1) is 13.4. The molecule has 0 saturated carbocycles. The Morgan fingerprint density at radius 2 is 1.39 bits per heavy atom. The molecule has 2 aromatic rings. The van der Waals surface area contributed by atoms with Gasteiger partial charge in [-0.15, -0.1) is 0 Å². The Balaban J connectivity index is 1.57. The van der Waals surface area contributed by atoms with Gasteiger partial charge in [-0.05, 0) is 24.1 Å². The van der Waals surface area contributed by atoms with Gasteiger partial charge >= 0.3 is 6.18 Å². The van der Waals surface area contributed by atoms with Crippen LogP contribution in [0.5, 0.6) is 0 Å². The number of benzene rings is 2. The van der Waals surface area contributed by atoms with Crippen molar-refractivity contribution in [1.82, 2.24) is 9.80 Å². The van der Waals surface area contributed by atoms with Gasteiger partial charge in [-0.1, -0.05) is 42.5 Å². The van der Waals surface area contributed by atoms with E-state index in [0.29, 0.717) is 25.9 Å². The second kappa shape index (κ2) is 8.46. The van der Waals surface area contributed by atoms with Gasteiger partial charge in [-0.2, -0.15) is 13.2 Å². The SMILES string of the molecule is O=C(CCc1ccccc1)N1CCN(C(=O)c2ccccc2C(F)(F)F)CC1. The summed E-state index contributed by atoms with van der Waals surface area (Å²) in [6.07, 6.45) is -3.58. The fourth-order valence-corrected chi connectivity index (χ4v) is 3.30. The quantitative estimate of drug-likeness (QED) is 0.800. The number of aryl methyl sites for hydroxylation is 1. The van der Waals surface area contributed by atoms with Crippen molar-refractivity contribution in [2.75, 3.05) is 26.2 Å². The molecule has 0 bridgehead atoms. The molecular formula is C21H21F3N2O2. The third kappa shape index (κ3) is 4.71. The monoisotopic (exact) mass is 390 g/mol. The van der Waals surface area contributed by atoms with Crippen LogP contribution in [0.4, 0.5) is 13.2 Å². The van der Waals surface area contributed by atoms with Gasteiger partial charge in [0.15, 0.2) is 0 Å². The lowest BCUT2D eigenvalue weighted by Crippen LogP contribution is -2.50. The molecule has 2 amide bonds. The van der Waals surface area contributed by atoms with Crippen LogP contribution in [-0.4, -0.2) is 47.8 Å². The summed E-state index contributed by atoms with van der Waals surface area (Å²) in [5, 5.41) is 0. The van der Waals surface area contributed by atoms with Crippen LogP contribution in [0.3, 0.4) is 0 Å². The van der Waals surface area contributed by atoms with E-state index in [1.165, 1.54) is 23.1 Å². The van der Waals surface area contributed by atoms with Gasteiger partial charge in [0.1, 0.15) is 0 Å². The summed E-state index contributed by atoms with van der Waals surface area (Å²) in [5.41, 5.74) is -0.200. The van der Waals surface area contributed by atoms with E-state index in [9.17, 15) is 22.8 Å². The molecule has 1 heterocycles. The third-order valence-electron chi connectivity index (χ3n) is 4.85. The van der Waals surface area contributed by atoms with E-state index in [-0.39, 0.29) is 24.6 Å². The number of alkyl halides is 3. The van der Waals surface area contributed by atoms with Crippen LogP contribution in [0, 0.1) is 0 Å². The standard InChI is InChI=1S/C21H21F3N2O2/c22-21(23,24)18-9-5-4-8-17(18)20(28)26-14-12-25(13-15-26)19(27)11-10-16-6-2-1-3-7-16/h1-9H,10-15H2. The van der Waals surface area contributed by atoms with Gasteiger partial charge in [-0.3, -0.25) is 9.59 Å². The van der Waals surface area contributed by atoms with E-state index in [0.717, 1.165) is 11.6 Å². The second-order valence-corrected chi connectivity index (χ2v) is 6.70. The van der Waals surface area contributed by atoms with Crippen LogP contribution in [0.25, 0.3) is 0 Å². The summed E-state index contributed by atoms with van der Waals surface area (Å²) in [6.45, 7) is 1.10. The van der Waals surface area contributed by atoms with Crippen molar-refractivity contribution in [1.29, 1.82) is 0 Å². The zero-order chi connectivity index (χ0) is 20.1. The Bertz CT molecular complexity index is 829. The molecule has 3 rings (SSSR count). The molecule has 0 spiro atoms. The molecule has 1 fully saturated rings. The first kappa shape index (κ1) is 19.9. The van der Waals surface area contributed by atoms with Crippen molar-refractivity contribution < 1.29 is 22.8 Å². The smallest absolute Gasteiger partial charge is 0.339 e. The topological polar surface area (TPSA) is 40.6 Å². The molecule has 2 aromatic carbocycles. The van der Waals surface area contributed by atoms with Crippen molar-refractivity contribution >= 4 is 11.8 Å². The molecule has 7 heteroatoms. The minimum Gasteiger partial charge on any atom is -0.339 e. The zero-order valence-corrected chi connectivity index (χ0v) is 15.3. The van der Waals surface area contributed by atoms with E-state index < -0.39 is 17.6 Å². The summed E-state index contributed by atoms with van der Waals surface area (Å²) < 4.78 is 39.4. The maximum Gasteiger partial charge on any atom is 0.417 e. The van der Waals surface area contributed by atoms with Crippen molar-refractivity contribution in [3.05, 3.63) is 71.3 Å². The lowest BCUT2D eigenvalue weighted by molar-refractivity contribution is -0.138. The summed E-state index contributed by atoms with van der Waals surface area (Å²) >= 11 is 0. The number of carbonyl (C=O) groups excluding carboxylic acids is 2. The van der Waals surface area contributed by atoms with Crippen LogP contribution in [-0.2, 0) is 17.4 Å². The normalized spacial score (nSPS) is 14.8. The number of piperazine rings is 1. The van der Waals surface area contributed by atoms with Crippen molar-refractivity contribution in [2.45, 2.75) is 19.0 Å². The first-order valence-corrected chi connectivity index (χ1v) is 9.13. The molecule has 0 N–H and O–H groups in total. The summed E-state index contributed by atoms with van der Waals surface area (Å²) in [4.78, 5) is 28.0. The van der Waals surface area contributed by atoms with Crippen molar-refractivity contribution in [2.24, 2.45) is 0 Å². The molecule has 0 radical (unpaired) electrons. The van der Waals surface area contributed by atoms with Gasteiger partial charge < -0.3 is 9.80 Å². The molecule has 0 aliphatic carbocycles. The highest BCUT2D eigenvalue weighted by Crippen LogP contribution is 2.32. The minimum atomic E-state index is -4.58. The van der Waals surface area contributed by atoms with Crippen LogP contribution in [0.2, 0.25) is 0 Å². The van der Waals surface area contributed by atoms with Gasteiger partial charge in [0.25, 0.3) is 5.91 Å². The van der Waals surface area contributed by atoms with Crippen LogP contribution in [0.15, 0.2) is 54.6 Å². The Hall–Kier alpha value is -2.83. The van der Waals surface area contributed by atoms with Gasteiger partial charge in [0.2, 0.25) is 5.91 Å². The minimum absolute atomic E-state index is 0.00774. The van der Waals surface area contributed by atoms with Crippen LogP contribution in [0.1, 0.15) is 27.9 Å². The number of carbonyl (C=O) groups is 2. The number of hydrogen-bond donors (Lipinski definition) is 0. The molecule has 0 aromatic heterocycles. The van der Waals surface area contributed by atoms with E-state index in [2.05, 4.69) is 0 Å². The molecule has 0 unspecified atom stereocenters. The molecule has 28 heavy (non-hydrogen) atoms. The second-order valence-electron chi connectivity index (χ2n) is 6.70. The van der Waals surface area contributed by atoms with E-state index in [4.69, 9.17) is 0 Å². The highest BCUT2D eigenvalue weighted by Gasteiger charge is 2.36. The Kier molecular flexibility index (Phi) is 6.02. The number of rotatable bonds is 4. The molecule has 4 nitrogen and oxygen atoms in total. The van der Waals surface area contributed by atoms with Crippen LogP contribution >= 0.6 is 0 Å². The highest BCUT2D eigenvalue weighted by atomic mass is 19.4. The lowest BCUT2D eigenvalue weighted by atomic mass is 10.1. The summed E-state index contributed by atoms with van der Waals surface area (Å²) in [7, 11) is 0. The third-order valence-corrected chi connectivity index (χ3v) is 4.85. The number of amides is 2. The zero-order valence-electron chi connectivity index (χ0n) is 15.3. The predicted molar refractivity (Wildman–Crippen MR) is 98.7 cm³/mol. The molecule has 148 valence electrons. The van der Waals surface area contributed by atoms with Gasteiger partial charge in [-0.25, -0.2) is 0 Å². The van der Waals surface area contributed by atoms with Crippen LogP contribution < -0.4 is 0 Å². The molecule has 1 aliphatic heterocycles. The average molecular weight is 390 g/mol. The Labute approximate surface area is 161 Å². The summed E-state index contributed by atoms with van der Waals surface area (Å²) in [5.74, 6) is -0.657. The lowest BCUT2D eigenvalue weighted by Gasteiger charge is -2.35. The number of hydrogen-bond acceptors (Lipinski definition) is 2. The maximum absolute atomic E-state index is 13.1. The molecule has 1 aliphatic rings. The van der Waals surface area contributed by atoms with E-state index in [1.54, 1.807) is 4.90 Å².